The molecule has 1 unspecified atom stereocenters. The number of hydrogen-bond acceptors (Lipinski definition) is 11. The highest BCUT2D eigenvalue weighted by Crippen LogP contribution is 2.48. The average Bonchev–Trinajstić information content (AvgIpc) is 3.61. The van der Waals surface area contributed by atoms with E-state index < -0.39 is 95.0 Å². The zero-order chi connectivity index (χ0) is 43.1. The molecular formula is C40H44F6N6O6. The molecule has 0 aliphatic carbocycles. The van der Waals surface area contributed by atoms with Crippen LogP contribution in [0.2, 0.25) is 0 Å². The summed E-state index contributed by atoms with van der Waals surface area (Å²) >= 11 is 0. The van der Waals surface area contributed by atoms with Gasteiger partial charge in [0.2, 0.25) is 5.60 Å². The van der Waals surface area contributed by atoms with E-state index in [1.165, 1.54) is 78.1 Å². The van der Waals surface area contributed by atoms with Crippen LogP contribution in [0.25, 0.3) is 11.6 Å². The van der Waals surface area contributed by atoms with Crippen LogP contribution in [0.15, 0.2) is 90.5 Å². The molecule has 0 aliphatic rings. The van der Waals surface area contributed by atoms with Gasteiger partial charge in [-0.15, -0.1) is 23.4 Å². The summed E-state index contributed by atoms with van der Waals surface area (Å²) in [4.78, 5) is 36.1. The minimum absolute atomic E-state index is 0.0237. The molecule has 0 aliphatic heterocycles. The molecule has 2 atom stereocenters. The molecule has 1 N–H and O–H groups in total. The van der Waals surface area contributed by atoms with Crippen molar-refractivity contribution in [3.8, 4) is 11.6 Å². The minimum atomic E-state index is -5.22. The Hall–Kier alpha value is -5.78. The summed E-state index contributed by atoms with van der Waals surface area (Å²) in [7, 11) is 0. The Labute approximate surface area is 331 Å². The molecule has 0 radical (unpaired) electrons. The maximum Gasteiger partial charge on any atom is 0.426 e. The number of nitrogens with zero attached hydrogens (tertiary/aromatic N) is 5. The van der Waals surface area contributed by atoms with E-state index in [0.29, 0.717) is 11.6 Å². The van der Waals surface area contributed by atoms with E-state index in [2.05, 4.69) is 38.6 Å². The summed E-state index contributed by atoms with van der Waals surface area (Å²) < 4.78 is 113. The first-order valence-electron chi connectivity index (χ1n) is 17.9. The zero-order valence-corrected chi connectivity index (χ0v) is 32.7. The Balaban J connectivity index is 2.07. The number of carbonyl (C=O) groups excluding carboxylic acids is 2. The lowest BCUT2D eigenvalue weighted by Crippen LogP contribution is -2.45. The number of pyridine rings is 2. The van der Waals surface area contributed by atoms with Crippen molar-refractivity contribution in [2.45, 2.75) is 103 Å². The molecule has 58 heavy (non-hydrogen) atoms. The number of ether oxygens (including phenoxy) is 3. The second kappa shape index (κ2) is 17.8. The number of aromatic nitrogens is 4. The van der Waals surface area contributed by atoms with Crippen LogP contribution >= 0.6 is 0 Å². The van der Waals surface area contributed by atoms with Gasteiger partial charge in [0.05, 0.1) is 29.6 Å². The van der Waals surface area contributed by atoms with Crippen LogP contribution < -0.4 is 10.2 Å². The minimum Gasteiger partial charge on any atom is -0.443 e. The number of allylic oxidation sites excluding steroid dienone is 1. The van der Waals surface area contributed by atoms with E-state index in [-0.39, 0.29) is 23.4 Å². The lowest BCUT2D eigenvalue weighted by atomic mass is 9.96. The van der Waals surface area contributed by atoms with Crippen LogP contribution in [-0.4, -0.2) is 49.7 Å². The molecule has 3 heterocycles. The van der Waals surface area contributed by atoms with Crippen molar-refractivity contribution in [3.63, 3.8) is 0 Å². The van der Waals surface area contributed by atoms with Crippen molar-refractivity contribution in [2.75, 3.05) is 10.2 Å². The Morgan fingerprint density at radius 2 is 1.50 bits per heavy atom. The molecule has 0 bridgehead atoms. The topological polar surface area (TPSA) is 142 Å². The van der Waals surface area contributed by atoms with Gasteiger partial charge in [0.25, 0.3) is 11.8 Å². The van der Waals surface area contributed by atoms with Gasteiger partial charge in [-0.25, -0.2) is 14.6 Å². The van der Waals surface area contributed by atoms with Crippen molar-refractivity contribution in [1.29, 1.82) is 0 Å². The van der Waals surface area contributed by atoms with Gasteiger partial charge in [-0.1, -0.05) is 48.6 Å². The maximum absolute atomic E-state index is 15.3. The lowest BCUT2D eigenvalue weighted by Gasteiger charge is -2.32. The average molecular weight is 819 g/mol. The van der Waals surface area contributed by atoms with Crippen molar-refractivity contribution in [3.05, 3.63) is 109 Å². The van der Waals surface area contributed by atoms with Crippen molar-refractivity contribution < 1.29 is 54.6 Å². The van der Waals surface area contributed by atoms with Gasteiger partial charge >= 0.3 is 24.5 Å². The number of hydrogen-bond donors (Lipinski definition) is 1. The fraction of sp³-hybridized carbons (Fsp3) is 0.400. The SMILES string of the molecule is C=CCC[C@@](OCc1ccccc1)(c1nnc(-c2nc(NC(CC=C)c3ccccn3)c(C(F)(F)F)cc2N(C(=O)OC(C)(C)C)C(=O)OC(C)(C)C)o1)C(F)(F)F. The third-order valence-electron chi connectivity index (χ3n) is 7.92. The summed E-state index contributed by atoms with van der Waals surface area (Å²) in [6.07, 6.45) is -10.4. The number of benzene rings is 1. The summed E-state index contributed by atoms with van der Waals surface area (Å²) in [5, 5.41) is 10.2. The van der Waals surface area contributed by atoms with Gasteiger partial charge in [0.1, 0.15) is 17.0 Å². The predicted octanol–water partition coefficient (Wildman–Crippen LogP) is 10.9. The molecule has 0 saturated heterocycles. The van der Waals surface area contributed by atoms with Crippen molar-refractivity contribution in [1.82, 2.24) is 20.2 Å². The van der Waals surface area contributed by atoms with Crippen LogP contribution in [0.3, 0.4) is 0 Å². The number of halogens is 6. The monoisotopic (exact) mass is 818 g/mol. The van der Waals surface area contributed by atoms with E-state index in [0.717, 1.165) is 0 Å². The summed E-state index contributed by atoms with van der Waals surface area (Å²) in [5.41, 5.74) is -8.56. The zero-order valence-electron chi connectivity index (χ0n) is 32.7. The molecule has 3 aromatic heterocycles. The highest BCUT2D eigenvalue weighted by molar-refractivity contribution is 6.11. The van der Waals surface area contributed by atoms with Crippen molar-refractivity contribution >= 4 is 23.7 Å². The van der Waals surface area contributed by atoms with Crippen LogP contribution in [-0.2, 0) is 32.6 Å². The Kier molecular flexibility index (Phi) is 13.8. The van der Waals surface area contributed by atoms with Crippen LogP contribution in [0.4, 0.5) is 47.4 Å². The highest BCUT2D eigenvalue weighted by Gasteiger charge is 2.61. The molecule has 0 saturated carbocycles. The molecule has 0 fully saturated rings. The Morgan fingerprint density at radius 3 is 2.02 bits per heavy atom. The second-order valence-corrected chi connectivity index (χ2v) is 14.9. The molecule has 4 aromatic rings. The molecule has 312 valence electrons. The summed E-state index contributed by atoms with van der Waals surface area (Å²) in [5.74, 6) is -2.97. The first-order valence-corrected chi connectivity index (χ1v) is 17.9. The second-order valence-electron chi connectivity index (χ2n) is 14.9. The number of amides is 2. The standard InChI is InChI=1S/C40H44F6N6O6/c1-9-11-21-38(40(44,45)46,55-24-25-18-13-12-14-19-25)33-51-50-32(56-33)30-29(52(34(53)57-36(3,4)5)35(54)58-37(6,7)8)23-26(39(41,42)43)31(49-30)48-28(17-10-2)27-20-15-16-22-47-27/h9-10,12-16,18-20,22-23,28H,1-2,11,17,21,24H2,3-8H3,(H,48,49)/t28?,38-/m1/s1. The van der Waals surface area contributed by atoms with E-state index in [9.17, 15) is 9.59 Å². The summed E-state index contributed by atoms with van der Waals surface area (Å²) in [6.45, 7) is 15.2. The van der Waals surface area contributed by atoms with E-state index in [4.69, 9.17) is 18.6 Å². The van der Waals surface area contributed by atoms with Crippen LogP contribution in [0.5, 0.6) is 0 Å². The molecule has 0 spiro atoms. The number of rotatable bonds is 14. The molecule has 4 rings (SSSR count). The molecule has 12 nitrogen and oxygen atoms in total. The number of alkyl halides is 6. The third kappa shape index (κ3) is 11.2. The first kappa shape index (κ1) is 44.9. The quantitative estimate of drug-likeness (QED) is 0.0959. The van der Waals surface area contributed by atoms with Gasteiger partial charge < -0.3 is 23.9 Å². The molecular weight excluding hydrogens is 774 g/mol. The Morgan fingerprint density at radius 1 is 0.879 bits per heavy atom. The molecule has 2 amide bonds. The number of imide groups is 1. The van der Waals surface area contributed by atoms with Gasteiger partial charge in [-0.3, -0.25) is 4.98 Å². The van der Waals surface area contributed by atoms with Gasteiger partial charge in [0, 0.05) is 6.20 Å². The number of anilines is 2. The third-order valence-corrected chi connectivity index (χ3v) is 7.92. The smallest absolute Gasteiger partial charge is 0.426 e. The first-order chi connectivity index (χ1) is 27.0. The summed E-state index contributed by atoms with van der Waals surface area (Å²) in [6, 6.07) is 12.1. The van der Waals surface area contributed by atoms with Crippen LogP contribution in [0, 0.1) is 0 Å². The normalized spacial score (nSPS) is 13.9. The molecule has 18 heteroatoms. The lowest BCUT2D eigenvalue weighted by molar-refractivity contribution is -0.299. The largest absolute Gasteiger partial charge is 0.443 e. The van der Waals surface area contributed by atoms with E-state index in [1.54, 1.807) is 30.3 Å². The predicted molar refractivity (Wildman–Crippen MR) is 201 cm³/mol. The van der Waals surface area contributed by atoms with E-state index in [1.807, 2.05) is 0 Å². The van der Waals surface area contributed by atoms with E-state index >= 15 is 26.3 Å². The van der Waals surface area contributed by atoms with Gasteiger partial charge in [-0.05, 0) is 84.6 Å². The van der Waals surface area contributed by atoms with Gasteiger partial charge in [-0.2, -0.15) is 31.2 Å². The number of carbonyl (C=O) groups is 2. The highest BCUT2D eigenvalue weighted by atomic mass is 19.4. The maximum atomic E-state index is 15.3. The molecule has 1 aromatic carbocycles. The van der Waals surface area contributed by atoms with Gasteiger partial charge in [0.15, 0.2) is 5.69 Å². The fourth-order valence-corrected chi connectivity index (χ4v) is 5.36. The fourth-order valence-electron chi connectivity index (χ4n) is 5.36. The number of nitrogens with one attached hydrogen (secondary N) is 1. The van der Waals surface area contributed by atoms with Crippen LogP contribution in [0.1, 0.15) is 89.6 Å². The Bertz CT molecular complexity index is 2020. The van der Waals surface area contributed by atoms with Crippen molar-refractivity contribution in [2.24, 2.45) is 0 Å².